The Morgan fingerprint density at radius 1 is 0.750 bits per heavy atom. The maximum atomic E-state index is 11.8. The van der Waals surface area contributed by atoms with Gasteiger partial charge >= 0.3 is 35.7 Å². The third-order valence-corrected chi connectivity index (χ3v) is 3.64. The first kappa shape index (κ1) is 23.0. The Hall–Kier alpha value is 0.700. The van der Waals surface area contributed by atoms with Gasteiger partial charge < -0.3 is 4.55 Å². The van der Waals surface area contributed by atoms with E-state index >= 15 is 0 Å². The molecule has 116 valence electrons. The van der Waals surface area contributed by atoms with Gasteiger partial charge in [-0.05, 0) is 12.8 Å². The van der Waals surface area contributed by atoms with Gasteiger partial charge in [0.05, 0.1) is 10.1 Å². The first-order chi connectivity index (χ1) is 8.71. The smallest absolute Gasteiger partial charge is 0.748 e. The number of alkyl halides is 3. The van der Waals surface area contributed by atoms with Crippen molar-refractivity contribution in [1.29, 1.82) is 0 Å². The normalized spacial score (nSPS) is 12.2. The number of unbranched alkanes of at least 4 members (excludes halogenated alkanes) is 8. The van der Waals surface area contributed by atoms with Crippen LogP contribution in [-0.2, 0) is 10.1 Å². The van der Waals surface area contributed by atoms with Crippen LogP contribution in [0.4, 0.5) is 13.2 Å². The summed E-state index contributed by atoms with van der Waals surface area (Å²) in [4.78, 5) is 0. The Bertz CT molecular complexity index is 318. The summed E-state index contributed by atoms with van der Waals surface area (Å²) in [5, 5.41) is 0. The maximum Gasteiger partial charge on any atom is 1.00 e. The van der Waals surface area contributed by atoms with Gasteiger partial charge in [0, 0.05) is 12.2 Å². The quantitative estimate of drug-likeness (QED) is 0.323. The van der Waals surface area contributed by atoms with Crippen LogP contribution >= 0.6 is 0 Å². The van der Waals surface area contributed by atoms with Gasteiger partial charge in [-0.15, -0.1) is 0 Å². The van der Waals surface area contributed by atoms with E-state index in [0.29, 0.717) is 12.8 Å². The standard InChI is InChI=1S/C12H23F3O3S.Na/c13-12(14,15)10-8-6-4-2-1-3-5-7-9-11-19(16,17)18;/h1-11H2,(H,16,17,18);/q;+1/p-1. The summed E-state index contributed by atoms with van der Waals surface area (Å²) in [6, 6.07) is 0. The van der Waals surface area contributed by atoms with Crippen molar-refractivity contribution >= 4 is 10.1 Å². The van der Waals surface area contributed by atoms with E-state index in [1.807, 2.05) is 0 Å². The first-order valence-corrected chi connectivity index (χ1v) is 8.29. The molecule has 8 heteroatoms. The summed E-state index contributed by atoms with van der Waals surface area (Å²) in [5.74, 6) is -0.301. The molecule has 0 aromatic carbocycles. The molecule has 0 heterocycles. The van der Waals surface area contributed by atoms with E-state index in [0.717, 1.165) is 38.5 Å². The van der Waals surface area contributed by atoms with Crippen molar-refractivity contribution in [2.45, 2.75) is 70.4 Å². The van der Waals surface area contributed by atoms with Gasteiger partial charge in [0.1, 0.15) is 0 Å². The molecule has 0 atom stereocenters. The Balaban J connectivity index is 0. The molecule has 0 N–H and O–H groups in total. The fraction of sp³-hybridized carbons (Fsp3) is 1.00. The van der Waals surface area contributed by atoms with Crippen molar-refractivity contribution < 1.29 is 55.7 Å². The van der Waals surface area contributed by atoms with Crippen LogP contribution in [0.15, 0.2) is 0 Å². The second kappa shape index (κ2) is 12.3. The van der Waals surface area contributed by atoms with Crippen LogP contribution in [0.25, 0.3) is 0 Å². The Morgan fingerprint density at radius 2 is 1.10 bits per heavy atom. The zero-order valence-electron chi connectivity index (χ0n) is 12.0. The summed E-state index contributed by atoms with van der Waals surface area (Å²) < 4.78 is 66.4. The summed E-state index contributed by atoms with van der Waals surface area (Å²) >= 11 is 0. The third-order valence-electron chi connectivity index (χ3n) is 2.85. The molecule has 3 nitrogen and oxygen atoms in total. The molecule has 0 bridgehead atoms. The van der Waals surface area contributed by atoms with Crippen molar-refractivity contribution in [2.24, 2.45) is 0 Å². The van der Waals surface area contributed by atoms with Crippen molar-refractivity contribution in [1.82, 2.24) is 0 Å². The van der Waals surface area contributed by atoms with Crippen molar-refractivity contribution in [3.8, 4) is 0 Å². The van der Waals surface area contributed by atoms with E-state index in [1.54, 1.807) is 0 Å². The number of hydrogen-bond donors (Lipinski definition) is 0. The van der Waals surface area contributed by atoms with E-state index in [9.17, 15) is 26.1 Å². The third kappa shape index (κ3) is 21.0. The van der Waals surface area contributed by atoms with Crippen LogP contribution in [0.5, 0.6) is 0 Å². The van der Waals surface area contributed by atoms with E-state index in [4.69, 9.17) is 0 Å². The van der Waals surface area contributed by atoms with E-state index in [-0.39, 0.29) is 41.7 Å². The average molecular weight is 326 g/mol. The molecular weight excluding hydrogens is 304 g/mol. The van der Waals surface area contributed by atoms with Gasteiger partial charge in [-0.25, -0.2) is 8.42 Å². The second-order valence-corrected chi connectivity index (χ2v) is 6.33. The minimum Gasteiger partial charge on any atom is -0.748 e. The summed E-state index contributed by atoms with van der Waals surface area (Å²) in [7, 11) is -4.09. The van der Waals surface area contributed by atoms with Crippen molar-refractivity contribution in [3.63, 3.8) is 0 Å². The van der Waals surface area contributed by atoms with Crippen LogP contribution < -0.4 is 29.6 Å². The van der Waals surface area contributed by atoms with E-state index in [1.165, 1.54) is 0 Å². The number of hydrogen-bond acceptors (Lipinski definition) is 3. The minimum absolute atomic E-state index is 0. The fourth-order valence-electron chi connectivity index (χ4n) is 1.84. The fourth-order valence-corrected chi connectivity index (χ4v) is 2.40. The molecule has 0 aliphatic rings. The number of rotatable bonds is 11. The summed E-state index contributed by atoms with van der Waals surface area (Å²) in [6.07, 6.45) is 1.68. The first-order valence-electron chi connectivity index (χ1n) is 6.71. The van der Waals surface area contributed by atoms with Gasteiger partial charge in [-0.2, -0.15) is 13.2 Å². The molecule has 0 aliphatic heterocycles. The van der Waals surface area contributed by atoms with E-state index < -0.39 is 22.7 Å². The molecule has 0 unspecified atom stereocenters. The molecule has 20 heavy (non-hydrogen) atoms. The SMILES string of the molecule is O=S(=O)([O-])CCCCCCCCCCCC(F)(F)F.[Na+]. The van der Waals surface area contributed by atoms with Crippen LogP contribution in [0.1, 0.15) is 64.2 Å². The monoisotopic (exact) mass is 326 g/mol. The van der Waals surface area contributed by atoms with Gasteiger partial charge in [0.2, 0.25) is 0 Å². The van der Waals surface area contributed by atoms with Crippen molar-refractivity contribution in [2.75, 3.05) is 5.75 Å². The van der Waals surface area contributed by atoms with Crippen LogP contribution in [0.2, 0.25) is 0 Å². The summed E-state index contributed by atoms with van der Waals surface area (Å²) in [5.41, 5.74) is 0. The van der Waals surface area contributed by atoms with E-state index in [2.05, 4.69) is 0 Å². The predicted molar refractivity (Wildman–Crippen MR) is 66.8 cm³/mol. The maximum absolute atomic E-state index is 11.8. The van der Waals surface area contributed by atoms with Gasteiger partial charge in [0.15, 0.2) is 0 Å². The molecule has 0 radical (unpaired) electrons. The topological polar surface area (TPSA) is 57.2 Å². The second-order valence-electron chi connectivity index (χ2n) is 4.81. The molecule has 0 saturated heterocycles. The summed E-state index contributed by atoms with van der Waals surface area (Å²) in [6.45, 7) is 0. The molecule has 0 aromatic rings. The molecule has 0 aromatic heterocycles. The van der Waals surface area contributed by atoms with Gasteiger partial charge in [-0.1, -0.05) is 44.9 Å². The van der Waals surface area contributed by atoms with Crippen molar-refractivity contribution in [3.05, 3.63) is 0 Å². The average Bonchev–Trinajstić information content (AvgIpc) is 2.22. The van der Waals surface area contributed by atoms with Crippen LogP contribution in [-0.4, -0.2) is 24.9 Å². The van der Waals surface area contributed by atoms with Gasteiger partial charge in [-0.3, -0.25) is 0 Å². The molecule has 0 fully saturated rings. The largest absolute Gasteiger partial charge is 1.00 e. The molecule has 0 spiro atoms. The molecular formula is C12H22F3NaO3S. The minimum atomic E-state index is -4.09. The zero-order valence-corrected chi connectivity index (χ0v) is 14.9. The molecule has 0 saturated carbocycles. The van der Waals surface area contributed by atoms with Crippen LogP contribution in [0.3, 0.4) is 0 Å². The molecule has 0 aliphatic carbocycles. The van der Waals surface area contributed by atoms with Gasteiger partial charge in [0.25, 0.3) is 0 Å². The Morgan fingerprint density at radius 3 is 1.45 bits per heavy atom. The molecule has 0 amide bonds. The number of halogens is 3. The molecule has 0 rings (SSSR count). The van der Waals surface area contributed by atoms with Crippen LogP contribution in [0, 0.1) is 0 Å². The predicted octanol–water partition coefficient (Wildman–Crippen LogP) is 0.999. The Labute approximate surface area is 141 Å². The Kier molecular flexibility index (Phi) is 14.1. The zero-order chi connectivity index (χ0) is 14.8.